The van der Waals surface area contributed by atoms with E-state index >= 15 is 0 Å². The third-order valence-corrected chi connectivity index (χ3v) is 4.22. The van der Waals surface area contributed by atoms with E-state index in [1.165, 1.54) is 24.3 Å². The van der Waals surface area contributed by atoms with Gasteiger partial charge in [0.1, 0.15) is 0 Å². The highest BCUT2D eigenvalue weighted by Gasteiger charge is 2.87. The predicted octanol–water partition coefficient (Wildman–Crippen LogP) is 6.82. The van der Waals surface area contributed by atoms with Crippen molar-refractivity contribution in [3.63, 3.8) is 0 Å². The van der Waals surface area contributed by atoms with Crippen LogP contribution in [0.15, 0.2) is 24.3 Å². The van der Waals surface area contributed by atoms with Crippen LogP contribution >= 0.6 is 0 Å². The standard InChI is InChI=1S/C17H17F11O/c1-3-4-10-5-7-11(8-6-10)12(29-2)9-13(18,19)14(20,21)15(22,23)16(24,25)17(26,27)28/h5-8,12H,3-4,9H2,1-2H3. The second-order valence-corrected chi connectivity index (χ2v) is 6.35. The van der Waals surface area contributed by atoms with Crippen molar-refractivity contribution in [2.45, 2.75) is 62.2 Å². The lowest BCUT2D eigenvalue weighted by Gasteiger charge is -2.38. The summed E-state index contributed by atoms with van der Waals surface area (Å²) in [7, 11) is 0.765. The first-order chi connectivity index (χ1) is 13.0. The smallest absolute Gasteiger partial charge is 0.377 e. The monoisotopic (exact) mass is 446 g/mol. The first-order valence-corrected chi connectivity index (χ1v) is 8.16. The number of methoxy groups -OCH3 is 1. The van der Waals surface area contributed by atoms with Gasteiger partial charge in [-0.25, -0.2) is 0 Å². The zero-order valence-corrected chi connectivity index (χ0v) is 15.1. The molecule has 0 aliphatic rings. The number of hydrogen-bond donors (Lipinski definition) is 0. The lowest BCUT2D eigenvalue weighted by Crippen LogP contribution is -2.66. The molecule has 1 atom stereocenters. The normalized spacial score (nSPS) is 15.5. The summed E-state index contributed by atoms with van der Waals surface area (Å²) in [6, 6.07) is 5.20. The van der Waals surface area contributed by atoms with Crippen LogP contribution in [0, 0.1) is 0 Å². The molecular formula is C17H17F11O. The third-order valence-electron chi connectivity index (χ3n) is 4.22. The maximum atomic E-state index is 13.9. The van der Waals surface area contributed by atoms with Crippen LogP contribution in [0.2, 0.25) is 0 Å². The first kappa shape index (κ1) is 25.4. The van der Waals surface area contributed by atoms with Gasteiger partial charge in [0.15, 0.2) is 0 Å². The molecule has 1 aromatic carbocycles. The molecule has 1 nitrogen and oxygen atoms in total. The van der Waals surface area contributed by atoms with E-state index in [1.807, 2.05) is 6.92 Å². The van der Waals surface area contributed by atoms with Crippen molar-refractivity contribution in [2.24, 2.45) is 0 Å². The average molecular weight is 446 g/mol. The number of halogens is 11. The number of ether oxygens (including phenoxy) is 1. The Labute approximate surface area is 158 Å². The molecule has 1 rings (SSSR count). The minimum atomic E-state index is -7.41. The van der Waals surface area contributed by atoms with Gasteiger partial charge in [-0.3, -0.25) is 0 Å². The molecule has 0 N–H and O–H groups in total. The maximum absolute atomic E-state index is 13.9. The van der Waals surface area contributed by atoms with Crippen molar-refractivity contribution in [1.29, 1.82) is 0 Å². The molecule has 1 aromatic rings. The Kier molecular flexibility index (Phi) is 7.26. The Morgan fingerprint density at radius 3 is 1.62 bits per heavy atom. The molecule has 29 heavy (non-hydrogen) atoms. The zero-order valence-electron chi connectivity index (χ0n) is 15.1. The number of benzene rings is 1. The van der Waals surface area contributed by atoms with Crippen LogP contribution in [0.1, 0.15) is 37.0 Å². The molecule has 0 aromatic heterocycles. The van der Waals surface area contributed by atoms with Crippen LogP contribution in [-0.2, 0) is 11.2 Å². The van der Waals surface area contributed by atoms with Crippen molar-refractivity contribution in [2.75, 3.05) is 7.11 Å². The minimum absolute atomic E-state index is 0.172. The maximum Gasteiger partial charge on any atom is 0.460 e. The van der Waals surface area contributed by atoms with Crippen molar-refractivity contribution in [3.05, 3.63) is 35.4 Å². The van der Waals surface area contributed by atoms with Gasteiger partial charge in [0, 0.05) is 13.5 Å². The van der Waals surface area contributed by atoms with Crippen LogP contribution in [0.4, 0.5) is 48.3 Å². The van der Waals surface area contributed by atoms with E-state index in [0.717, 1.165) is 19.1 Å². The van der Waals surface area contributed by atoms with Gasteiger partial charge in [-0.1, -0.05) is 37.6 Å². The lowest BCUT2D eigenvalue weighted by atomic mass is 9.92. The molecule has 0 aliphatic carbocycles. The number of aryl methyl sites for hydroxylation is 1. The van der Waals surface area contributed by atoms with Gasteiger partial charge >= 0.3 is 29.9 Å². The molecule has 0 radical (unpaired) electrons. The number of hydrogen-bond acceptors (Lipinski definition) is 1. The van der Waals surface area contributed by atoms with E-state index < -0.39 is 42.4 Å². The number of alkyl halides is 11. The Morgan fingerprint density at radius 1 is 0.759 bits per heavy atom. The Bertz CT molecular complexity index is 665. The quantitative estimate of drug-likeness (QED) is 0.378. The van der Waals surface area contributed by atoms with Crippen LogP contribution < -0.4 is 0 Å². The van der Waals surface area contributed by atoms with Gasteiger partial charge in [-0.15, -0.1) is 0 Å². The molecular weight excluding hydrogens is 429 g/mol. The highest BCUT2D eigenvalue weighted by molar-refractivity contribution is 5.25. The minimum Gasteiger partial charge on any atom is -0.377 e. The predicted molar refractivity (Wildman–Crippen MR) is 80.6 cm³/mol. The van der Waals surface area contributed by atoms with Gasteiger partial charge in [0.05, 0.1) is 6.10 Å². The van der Waals surface area contributed by atoms with Gasteiger partial charge in [-0.05, 0) is 17.5 Å². The topological polar surface area (TPSA) is 9.23 Å². The number of rotatable bonds is 9. The zero-order chi connectivity index (χ0) is 22.9. The molecule has 1 unspecified atom stereocenters. The summed E-state index contributed by atoms with van der Waals surface area (Å²) in [5, 5.41) is 0. The molecule has 0 heterocycles. The fraction of sp³-hybridized carbons (Fsp3) is 0.647. The Balaban J connectivity index is 3.23. The lowest BCUT2D eigenvalue weighted by molar-refractivity contribution is -0.423. The van der Waals surface area contributed by atoms with Crippen molar-refractivity contribution in [3.8, 4) is 0 Å². The average Bonchev–Trinajstić information content (AvgIpc) is 2.59. The fourth-order valence-corrected chi connectivity index (χ4v) is 2.49. The molecule has 0 spiro atoms. The summed E-state index contributed by atoms with van der Waals surface area (Å²) in [5.74, 6) is -27.8. The highest BCUT2D eigenvalue weighted by atomic mass is 19.4. The molecule has 0 bridgehead atoms. The van der Waals surface area contributed by atoms with Gasteiger partial charge in [0.25, 0.3) is 0 Å². The van der Waals surface area contributed by atoms with Crippen molar-refractivity contribution < 1.29 is 53.0 Å². The molecule has 12 heteroatoms. The molecule has 0 amide bonds. The van der Waals surface area contributed by atoms with E-state index in [9.17, 15) is 48.3 Å². The molecule has 0 aliphatic heterocycles. The SMILES string of the molecule is CCCc1ccc(C(CC(F)(F)C(F)(F)C(F)(F)C(F)(F)C(F)(F)F)OC)cc1. The van der Waals surface area contributed by atoms with Gasteiger partial charge in [-0.2, -0.15) is 48.3 Å². The summed E-state index contributed by atoms with van der Waals surface area (Å²) in [5.41, 5.74) is 0.563. The molecule has 0 saturated carbocycles. The van der Waals surface area contributed by atoms with E-state index in [2.05, 4.69) is 4.74 Å². The van der Waals surface area contributed by atoms with E-state index in [-0.39, 0.29) is 5.56 Å². The van der Waals surface area contributed by atoms with Crippen molar-refractivity contribution in [1.82, 2.24) is 0 Å². The summed E-state index contributed by atoms with van der Waals surface area (Å²) >= 11 is 0. The summed E-state index contributed by atoms with van der Waals surface area (Å²) in [6.07, 6.45) is -10.1. The molecule has 0 fully saturated rings. The molecule has 168 valence electrons. The summed E-state index contributed by atoms with van der Waals surface area (Å²) in [4.78, 5) is 0. The fourth-order valence-electron chi connectivity index (χ4n) is 2.49. The third kappa shape index (κ3) is 4.61. The molecule has 0 saturated heterocycles. The van der Waals surface area contributed by atoms with E-state index in [4.69, 9.17) is 0 Å². The summed E-state index contributed by atoms with van der Waals surface area (Å²) in [6.45, 7) is 1.84. The van der Waals surface area contributed by atoms with Crippen LogP contribution in [0.25, 0.3) is 0 Å². The van der Waals surface area contributed by atoms with Gasteiger partial charge < -0.3 is 4.74 Å². The van der Waals surface area contributed by atoms with E-state index in [0.29, 0.717) is 6.42 Å². The highest BCUT2D eigenvalue weighted by Crippen LogP contribution is 2.58. The Morgan fingerprint density at radius 2 is 1.24 bits per heavy atom. The van der Waals surface area contributed by atoms with Crippen molar-refractivity contribution >= 4 is 0 Å². The summed E-state index contributed by atoms with van der Waals surface area (Å²) < 4.78 is 148. The largest absolute Gasteiger partial charge is 0.460 e. The second-order valence-electron chi connectivity index (χ2n) is 6.35. The second kappa shape index (κ2) is 8.27. The van der Waals surface area contributed by atoms with Crippen LogP contribution in [-0.4, -0.2) is 37.0 Å². The van der Waals surface area contributed by atoms with Gasteiger partial charge in [0.2, 0.25) is 0 Å². The van der Waals surface area contributed by atoms with Crippen LogP contribution in [0.5, 0.6) is 0 Å². The van der Waals surface area contributed by atoms with Crippen LogP contribution in [0.3, 0.4) is 0 Å². The Hall–Kier alpha value is -1.59. The van der Waals surface area contributed by atoms with E-state index in [1.54, 1.807) is 0 Å². The first-order valence-electron chi connectivity index (χ1n) is 8.16.